The second-order valence-corrected chi connectivity index (χ2v) is 6.46. The van der Waals surface area contributed by atoms with Crippen molar-refractivity contribution in [3.63, 3.8) is 0 Å². The quantitative estimate of drug-likeness (QED) is 0.871. The van der Waals surface area contributed by atoms with Crippen molar-refractivity contribution in [1.29, 1.82) is 0 Å². The molecule has 1 fully saturated rings. The van der Waals surface area contributed by atoms with Crippen LogP contribution in [0.25, 0.3) is 0 Å². The van der Waals surface area contributed by atoms with Gasteiger partial charge in [0.15, 0.2) is 6.61 Å². The van der Waals surface area contributed by atoms with E-state index in [1.165, 1.54) is 12.0 Å². The molecule has 4 heteroatoms. The largest absolute Gasteiger partial charge is 0.484 e. The van der Waals surface area contributed by atoms with E-state index in [1.54, 1.807) is 0 Å². The summed E-state index contributed by atoms with van der Waals surface area (Å²) in [5.41, 5.74) is 1.30. The Morgan fingerprint density at radius 3 is 2.39 bits per heavy atom. The van der Waals surface area contributed by atoms with Crippen LogP contribution in [0.3, 0.4) is 0 Å². The molecule has 0 aliphatic heterocycles. The van der Waals surface area contributed by atoms with Crippen LogP contribution < -0.4 is 10.1 Å². The lowest BCUT2D eigenvalue weighted by Crippen LogP contribution is -2.46. The highest BCUT2D eigenvalue weighted by atomic mass is 35.5. The Hall–Kier alpha value is -2.00. The zero-order valence-corrected chi connectivity index (χ0v) is 13.7. The van der Waals surface area contributed by atoms with Gasteiger partial charge in [-0.3, -0.25) is 4.79 Å². The van der Waals surface area contributed by atoms with Crippen molar-refractivity contribution in [2.75, 3.05) is 13.2 Å². The SMILES string of the molecule is O=C(COc1ccccc1)NCC1(c2ccc(Cl)cc2)CCC1. The molecule has 3 nitrogen and oxygen atoms in total. The molecular weight excluding hydrogens is 310 g/mol. The molecular formula is C19H20ClNO2. The third kappa shape index (κ3) is 3.85. The summed E-state index contributed by atoms with van der Waals surface area (Å²) >= 11 is 5.96. The number of hydrogen-bond acceptors (Lipinski definition) is 2. The summed E-state index contributed by atoms with van der Waals surface area (Å²) in [6.45, 7) is 0.687. The second kappa shape index (κ2) is 7.05. The van der Waals surface area contributed by atoms with Gasteiger partial charge < -0.3 is 10.1 Å². The van der Waals surface area contributed by atoms with Gasteiger partial charge in [-0.25, -0.2) is 0 Å². The maximum absolute atomic E-state index is 12.0. The Morgan fingerprint density at radius 1 is 1.09 bits per heavy atom. The highest BCUT2D eigenvalue weighted by Crippen LogP contribution is 2.43. The number of hydrogen-bond donors (Lipinski definition) is 1. The molecule has 0 heterocycles. The molecule has 120 valence electrons. The average Bonchev–Trinajstić information content (AvgIpc) is 2.54. The topological polar surface area (TPSA) is 38.3 Å². The fourth-order valence-electron chi connectivity index (χ4n) is 2.96. The lowest BCUT2D eigenvalue weighted by atomic mass is 9.64. The number of carbonyl (C=O) groups is 1. The zero-order valence-electron chi connectivity index (χ0n) is 12.9. The van der Waals surface area contributed by atoms with Gasteiger partial charge in [-0.2, -0.15) is 0 Å². The van der Waals surface area contributed by atoms with Crippen LogP contribution in [0.4, 0.5) is 0 Å². The van der Waals surface area contributed by atoms with Crippen LogP contribution in [-0.2, 0) is 10.2 Å². The normalized spacial score (nSPS) is 15.5. The van der Waals surface area contributed by atoms with Gasteiger partial charge >= 0.3 is 0 Å². The Labute approximate surface area is 141 Å². The molecule has 0 spiro atoms. The van der Waals surface area contributed by atoms with Gasteiger partial charge in [0.1, 0.15) is 5.75 Å². The number of ether oxygens (including phenoxy) is 1. The minimum Gasteiger partial charge on any atom is -0.484 e. The Balaban J connectivity index is 1.53. The maximum atomic E-state index is 12.0. The number of amides is 1. The predicted octanol–water partition coefficient (Wildman–Crippen LogP) is 3.96. The van der Waals surface area contributed by atoms with Crippen LogP contribution in [-0.4, -0.2) is 19.1 Å². The highest BCUT2D eigenvalue weighted by Gasteiger charge is 2.38. The summed E-state index contributed by atoms with van der Waals surface area (Å²) in [6.07, 6.45) is 3.38. The summed E-state index contributed by atoms with van der Waals surface area (Å²) in [5.74, 6) is 0.618. The Morgan fingerprint density at radius 2 is 1.78 bits per heavy atom. The van der Waals surface area contributed by atoms with Crippen molar-refractivity contribution in [1.82, 2.24) is 5.32 Å². The van der Waals surface area contributed by atoms with Gasteiger partial charge in [-0.15, -0.1) is 0 Å². The third-order valence-corrected chi connectivity index (χ3v) is 4.76. The zero-order chi connectivity index (χ0) is 16.1. The molecule has 1 N–H and O–H groups in total. The van der Waals surface area contributed by atoms with Gasteiger partial charge in [0.2, 0.25) is 0 Å². The second-order valence-electron chi connectivity index (χ2n) is 6.02. The summed E-state index contributed by atoms with van der Waals surface area (Å²) < 4.78 is 5.48. The number of carbonyl (C=O) groups excluding carboxylic acids is 1. The highest BCUT2D eigenvalue weighted by molar-refractivity contribution is 6.30. The number of halogens is 1. The van der Waals surface area contributed by atoms with Gasteiger partial charge in [0.25, 0.3) is 5.91 Å². The average molecular weight is 330 g/mol. The molecule has 2 aromatic carbocycles. The van der Waals surface area contributed by atoms with Crippen molar-refractivity contribution in [3.8, 4) is 5.75 Å². The predicted molar refractivity (Wildman–Crippen MR) is 91.9 cm³/mol. The van der Waals surface area contributed by atoms with E-state index in [9.17, 15) is 4.79 Å². The first-order valence-electron chi connectivity index (χ1n) is 7.89. The molecule has 2 aromatic rings. The van der Waals surface area contributed by atoms with Gasteiger partial charge in [0.05, 0.1) is 0 Å². The van der Waals surface area contributed by atoms with E-state index in [0.717, 1.165) is 17.9 Å². The molecule has 3 rings (SSSR count). The molecule has 23 heavy (non-hydrogen) atoms. The van der Waals surface area contributed by atoms with E-state index in [0.29, 0.717) is 12.3 Å². The van der Waals surface area contributed by atoms with Crippen molar-refractivity contribution in [3.05, 3.63) is 65.2 Å². The first-order valence-corrected chi connectivity index (χ1v) is 8.26. The Kier molecular flexibility index (Phi) is 4.87. The van der Waals surface area contributed by atoms with Crippen LogP contribution in [0.15, 0.2) is 54.6 Å². The Bertz CT molecular complexity index is 651. The van der Waals surface area contributed by atoms with Gasteiger partial charge in [-0.1, -0.05) is 48.4 Å². The fourth-order valence-corrected chi connectivity index (χ4v) is 3.08. The van der Waals surface area contributed by atoms with Gasteiger partial charge in [0, 0.05) is 17.0 Å². The van der Waals surface area contributed by atoms with Crippen LogP contribution >= 0.6 is 11.6 Å². The van der Waals surface area contributed by atoms with Gasteiger partial charge in [-0.05, 0) is 42.7 Å². The van der Waals surface area contributed by atoms with Crippen molar-refractivity contribution < 1.29 is 9.53 Å². The minimum atomic E-state index is -0.0888. The van der Waals surface area contributed by atoms with E-state index >= 15 is 0 Å². The lowest BCUT2D eigenvalue weighted by molar-refractivity contribution is -0.123. The van der Waals surface area contributed by atoms with Crippen molar-refractivity contribution in [2.24, 2.45) is 0 Å². The summed E-state index contributed by atoms with van der Waals surface area (Å²) in [4.78, 5) is 12.0. The molecule has 1 saturated carbocycles. The van der Waals surface area contributed by atoms with E-state index < -0.39 is 0 Å². The number of nitrogens with one attached hydrogen (secondary N) is 1. The third-order valence-electron chi connectivity index (χ3n) is 4.50. The van der Waals surface area contributed by atoms with Crippen LogP contribution in [0.1, 0.15) is 24.8 Å². The fraction of sp³-hybridized carbons (Fsp3) is 0.316. The number of rotatable bonds is 6. The van der Waals surface area contributed by atoms with E-state index in [2.05, 4.69) is 17.4 Å². The van der Waals surface area contributed by atoms with Crippen LogP contribution in [0.5, 0.6) is 5.75 Å². The molecule has 0 atom stereocenters. The van der Waals surface area contributed by atoms with Crippen LogP contribution in [0, 0.1) is 0 Å². The molecule has 0 unspecified atom stereocenters. The molecule has 1 aliphatic carbocycles. The summed E-state index contributed by atoms with van der Waals surface area (Å²) in [7, 11) is 0. The maximum Gasteiger partial charge on any atom is 0.257 e. The number of para-hydroxylation sites is 1. The summed E-state index contributed by atoms with van der Waals surface area (Å²) in [6, 6.07) is 17.3. The molecule has 1 aliphatic rings. The first-order chi connectivity index (χ1) is 11.2. The molecule has 0 saturated heterocycles. The molecule has 0 aromatic heterocycles. The van der Waals surface area contributed by atoms with Crippen LogP contribution in [0.2, 0.25) is 5.02 Å². The van der Waals surface area contributed by atoms with Crippen molar-refractivity contribution >= 4 is 17.5 Å². The van der Waals surface area contributed by atoms with E-state index in [-0.39, 0.29) is 17.9 Å². The molecule has 0 bridgehead atoms. The number of benzene rings is 2. The molecule has 1 amide bonds. The monoisotopic (exact) mass is 329 g/mol. The standard InChI is InChI=1S/C19H20ClNO2/c20-16-9-7-15(8-10-16)19(11-4-12-19)14-21-18(22)13-23-17-5-2-1-3-6-17/h1-3,5-10H,4,11-14H2,(H,21,22). The minimum absolute atomic E-state index is 0.0424. The van der Waals surface area contributed by atoms with Crippen molar-refractivity contribution in [2.45, 2.75) is 24.7 Å². The lowest BCUT2D eigenvalue weighted by Gasteiger charge is -2.42. The van der Waals surface area contributed by atoms with E-state index in [1.807, 2.05) is 42.5 Å². The first kappa shape index (κ1) is 15.9. The smallest absolute Gasteiger partial charge is 0.257 e. The molecule has 0 radical (unpaired) electrons. The van der Waals surface area contributed by atoms with E-state index in [4.69, 9.17) is 16.3 Å². The summed E-state index contributed by atoms with van der Waals surface area (Å²) in [5, 5.41) is 3.75.